The van der Waals surface area contributed by atoms with E-state index in [2.05, 4.69) is 5.32 Å². The lowest BCUT2D eigenvalue weighted by atomic mass is 10.2. The van der Waals surface area contributed by atoms with Crippen LogP contribution in [0.4, 0.5) is 0 Å². The molecule has 1 aliphatic rings. The number of methoxy groups -OCH3 is 2. The van der Waals surface area contributed by atoms with Crippen LogP contribution in [0.15, 0.2) is 0 Å². The first-order valence-electron chi connectivity index (χ1n) is 5.63. The molecule has 3 nitrogen and oxygen atoms in total. The third kappa shape index (κ3) is 3.95. The molecule has 1 fully saturated rings. The lowest BCUT2D eigenvalue weighted by Crippen LogP contribution is -2.37. The van der Waals surface area contributed by atoms with Gasteiger partial charge in [-0.1, -0.05) is 0 Å². The molecule has 2 unspecified atom stereocenters. The summed E-state index contributed by atoms with van der Waals surface area (Å²) in [5.74, 6) is 0. The first-order chi connectivity index (χ1) is 6.88. The van der Waals surface area contributed by atoms with Crippen LogP contribution in [-0.2, 0) is 9.47 Å². The van der Waals surface area contributed by atoms with E-state index >= 15 is 0 Å². The SMILES string of the molecule is COCCCCNC1CCCC1OC. The molecule has 3 heteroatoms. The molecule has 1 aliphatic carbocycles. The van der Waals surface area contributed by atoms with Crippen LogP contribution >= 0.6 is 0 Å². The van der Waals surface area contributed by atoms with Gasteiger partial charge in [-0.2, -0.15) is 0 Å². The van der Waals surface area contributed by atoms with Gasteiger partial charge in [0, 0.05) is 26.9 Å². The molecule has 1 saturated carbocycles. The third-order valence-corrected chi connectivity index (χ3v) is 2.94. The Morgan fingerprint density at radius 1 is 1.21 bits per heavy atom. The van der Waals surface area contributed by atoms with Crippen molar-refractivity contribution in [3.05, 3.63) is 0 Å². The lowest BCUT2D eigenvalue weighted by Gasteiger charge is -2.19. The summed E-state index contributed by atoms with van der Waals surface area (Å²) in [6.07, 6.45) is 6.56. The molecule has 0 aromatic rings. The second-order valence-corrected chi connectivity index (χ2v) is 3.97. The van der Waals surface area contributed by atoms with Crippen LogP contribution in [0.2, 0.25) is 0 Å². The second-order valence-electron chi connectivity index (χ2n) is 3.97. The van der Waals surface area contributed by atoms with Crippen LogP contribution in [0.5, 0.6) is 0 Å². The molecular formula is C11H23NO2. The van der Waals surface area contributed by atoms with Crippen molar-refractivity contribution in [2.45, 2.75) is 44.2 Å². The number of ether oxygens (including phenoxy) is 2. The Kier molecular flexibility index (Phi) is 6.15. The van der Waals surface area contributed by atoms with Gasteiger partial charge in [0.05, 0.1) is 6.10 Å². The maximum atomic E-state index is 5.41. The van der Waals surface area contributed by atoms with Crippen LogP contribution < -0.4 is 5.32 Å². The predicted octanol–water partition coefficient (Wildman–Crippen LogP) is 1.57. The zero-order chi connectivity index (χ0) is 10.2. The van der Waals surface area contributed by atoms with Crippen molar-refractivity contribution in [1.29, 1.82) is 0 Å². The maximum absolute atomic E-state index is 5.41. The summed E-state index contributed by atoms with van der Waals surface area (Å²) >= 11 is 0. The summed E-state index contributed by atoms with van der Waals surface area (Å²) in [6.45, 7) is 1.97. The van der Waals surface area contributed by atoms with Crippen LogP contribution in [0.1, 0.15) is 32.1 Å². The minimum atomic E-state index is 0.442. The van der Waals surface area contributed by atoms with Crippen molar-refractivity contribution in [2.75, 3.05) is 27.4 Å². The van der Waals surface area contributed by atoms with Gasteiger partial charge in [-0.3, -0.25) is 0 Å². The molecule has 84 valence electrons. The largest absolute Gasteiger partial charge is 0.385 e. The van der Waals surface area contributed by atoms with Gasteiger partial charge in [-0.05, 0) is 38.6 Å². The van der Waals surface area contributed by atoms with Crippen molar-refractivity contribution in [2.24, 2.45) is 0 Å². The first-order valence-corrected chi connectivity index (χ1v) is 5.63. The number of hydrogen-bond donors (Lipinski definition) is 1. The van der Waals surface area contributed by atoms with Crippen molar-refractivity contribution >= 4 is 0 Å². The molecule has 0 aromatic carbocycles. The summed E-state index contributed by atoms with van der Waals surface area (Å²) in [5.41, 5.74) is 0. The van der Waals surface area contributed by atoms with E-state index in [4.69, 9.17) is 9.47 Å². The Labute approximate surface area is 87.2 Å². The Hall–Kier alpha value is -0.120. The molecule has 0 aromatic heterocycles. The van der Waals surface area contributed by atoms with Gasteiger partial charge in [0.25, 0.3) is 0 Å². The van der Waals surface area contributed by atoms with Gasteiger partial charge >= 0.3 is 0 Å². The molecule has 0 saturated heterocycles. The fourth-order valence-electron chi connectivity index (χ4n) is 2.10. The fraction of sp³-hybridized carbons (Fsp3) is 1.00. The van der Waals surface area contributed by atoms with Gasteiger partial charge in [0.1, 0.15) is 0 Å². The Balaban J connectivity index is 2.00. The van der Waals surface area contributed by atoms with Gasteiger partial charge in [0.15, 0.2) is 0 Å². The zero-order valence-electron chi connectivity index (χ0n) is 9.42. The lowest BCUT2D eigenvalue weighted by molar-refractivity contribution is 0.0849. The average Bonchev–Trinajstić information content (AvgIpc) is 2.65. The maximum Gasteiger partial charge on any atom is 0.0724 e. The van der Waals surface area contributed by atoms with Gasteiger partial charge in [0.2, 0.25) is 0 Å². The van der Waals surface area contributed by atoms with Crippen LogP contribution in [-0.4, -0.2) is 39.5 Å². The number of nitrogens with one attached hydrogen (secondary N) is 1. The average molecular weight is 201 g/mol. The van der Waals surface area contributed by atoms with E-state index in [1.54, 1.807) is 7.11 Å². The van der Waals surface area contributed by atoms with Crippen LogP contribution in [0.25, 0.3) is 0 Å². The molecule has 1 N–H and O–H groups in total. The molecule has 14 heavy (non-hydrogen) atoms. The Bertz CT molecular complexity index is 141. The van der Waals surface area contributed by atoms with E-state index in [9.17, 15) is 0 Å². The highest BCUT2D eigenvalue weighted by atomic mass is 16.5. The normalized spacial score (nSPS) is 27.0. The van der Waals surface area contributed by atoms with E-state index in [0.29, 0.717) is 12.1 Å². The van der Waals surface area contributed by atoms with Crippen molar-refractivity contribution in [3.63, 3.8) is 0 Å². The number of rotatable bonds is 7. The van der Waals surface area contributed by atoms with E-state index in [0.717, 1.165) is 19.6 Å². The van der Waals surface area contributed by atoms with E-state index in [1.807, 2.05) is 7.11 Å². The highest BCUT2D eigenvalue weighted by Crippen LogP contribution is 2.21. The summed E-state index contributed by atoms with van der Waals surface area (Å²) in [4.78, 5) is 0. The van der Waals surface area contributed by atoms with Gasteiger partial charge < -0.3 is 14.8 Å². The summed E-state index contributed by atoms with van der Waals surface area (Å²) < 4.78 is 10.4. The second kappa shape index (κ2) is 7.21. The molecule has 1 rings (SSSR count). The van der Waals surface area contributed by atoms with E-state index in [1.165, 1.54) is 25.7 Å². The quantitative estimate of drug-likeness (QED) is 0.634. The zero-order valence-corrected chi connectivity index (χ0v) is 9.42. The first kappa shape index (κ1) is 12.0. The monoisotopic (exact) mass is 201 g/mol. The smallest absolute Gasteiger partial charge is 0.0724 e. The van der Waals surface area contributed by atoms with Crippen LogP contribution in [0, 0.1) is 0 Å². The summed E-state index contributed by atoms with van der Waals surface area (Å²) in [6, 6.07) is 0.586. The van der Waals surface area contributed by atoms with Gasteiger partial charge in [-0.25, -0.2) is 0 Å². The van der Waals surface area contributed by atoms with Crippen LogP contribution in [0.3, 0.4) is 0 Å². The van der Waals surface area contributed by atoms with Crippen molar-refractivity contribution in [1.82, 2.24) is 5.32 Å². The van der Waals surface area contributed by atoms with E-state index in [-0.39, 0.29) is 0 Å². The minimum Gasteiger partial charge on any atom is -0.385 e. The van der Waals surface area contributed by atoms with Crippen molar-refractivity contribution < 1.29 is 9.47 Å². The van der Waals surface area contributed by atoms with E-state index < -0.39 is 0 Å². The highest BCUT2D eigenvalue weighted by Gasteiger charge is 2.25. The third-order valence-electron chi connectivity index (χ3n) is 2.94. The fourth-order valence-corrected chi connectivity index (χ4v) is 2.10. The molecule has 2 atom stereocenters. The Morgan fingerprint density at radius 3 is 2.79 bits per heavy atom. The molecule has 0 heterocycles. The number of unbranched alkanes of at least 4 members (excludes halogenated alkanes) is 1. The van der Waals surface area contributed by atoms with Gasteiger partial charge in [-0.15, -0.1) is 0 Å². The molecule has 0 amide bonds. The van der Waals surface area contributed by atoms with Crippen molar-refractivity contribution in [3.8, 4) is 0 Å². The minimum absolute atomic E-state index is 0.442. The molecule has 0 bridgehead atoms. The highest BCUT2D eigenvalue weighted by molar-refractivity contribution is 4.83. The summed E-state index contributed by atoms with van der Waals surface area (Å²) in [7, 11) is 3.57. The molecule has 0 aliphatic heterocycles. The number of hydrogen-bond acceptors (Lipinski definition) is 3. The standard InChI is InChI=1S/C11H23NO2/c1-13-9-4-3-8-12-10-6-5-7-11(10)14-2/h10-12H,3-9H2,1-2H3. The molecule has 0 spiro atoms. The molecule has 0 radical (unpaired) electrons. The predicted molar refractivity (Wildman–Crippen MR) is 57.5 cm³/mol. The topological polar surface area (TPSA) is 30.5 Å². The molecular weight excluding hydrogens is 178 g/mol. The summed E-state index contributed by atoms with van der Waals surface area (Å²) in [5, 5.41) is 3.56. The Morgan fingerprint density at radius 2 is 2.07 bits per heavy atom.